The Kier molecular flexibility index (Phi) is 6.23. The van der Waals surface area contributed by atoms with Crippen LogP contribution in [0.25, 0.3) is 10.8 Å². The summed E-state index contributed by atoms with van der Waals surface area (Å²) in [4.78, 5) is 31.2. The van der Waals surface area contributed by atoms with E-state index in [1.165, 1.54) is 0 Å². The molecule has 2 atom stereocenters. The first kappa shape index (κ1) is 21.6. The molecule has 1 aromatic heterocycles. The van der Waals surface area contributed by atoms with E-state index in [4.69, 9.17) is 16.2 Å². The highest BCUT2D eigenvalue weighted by Crippen LogP contribution is 2.22. The van der Waals surface area contributed by atoms with Crippen molar-refractivity contribution in [3.05, 3.63) is 65.9 Å². The summed E-state index contributed by atoms with van der Waals surface area (Å²) in [6.45, 7) is 0.880. The number of amides is 2. The summed E-state index contributed by atoms with van der Waals surface area (Å²) in [7, 11) is 1.60. The van der Waals surface area contributed by atoms with Gasteiger partial charge in [-0.05, 0) is 53.6 Å². The molecule has 0 spiro atoms. The predicted molar refractivity (Wildman–Crippen MR) is 123 cm³/mol. The van der Waals surface area contributed by atoms with Crippen LogP contribution in [0.3, 0.4) is 0 Å². The minimum atomic E-state index is -0.699. The van der Waals surface area contributed by atoms with Crippen LogP contribution in [0.2, 0.25) is 0 Å². The number of nitrogens with zero attached hydrogens (tertiary/aromatic N) is 2. The van der Waals surface area contributed by atoms with Gasteiger partial charge in [-0.2, -0.15) is 0 Å². The highest BCUT2D eigenvalue weighted by molar-refractivity contribution is 5.92. The number of fused-ring (bicyclic) bond motifs is 1. The molecule has 0 bridgehead atoms. The summed E-state index contributed by atoms with van der Waals surface area (Å²) in [6, 6.07) is 14.0. The van der Waals surface area contributed by atoms with E-state index in [0.717, 1.165) is 27.6 Å². The number of ether oxygens (including phenoxy) is 1. The van der Waals surface area contributed by atoms with Gasteiger partial charge in [0.15, 0.2) is 0 Å². The lowest BCUT2D eigenvalue weighted by Crippen LogP contribution is -2.61. The van der Waals surface area contributed by atoms with Crippen LogP contribution in [0.15, 0.2) is 54.7 Å². The molecule has 3 aromatic rings. The maximum Gasteiger partial charge on any atom is 0.243 e. The van der Waals surface area contributed by atoms with E-state index in [2.05, 4.69) is 10.3 Å². The molecule has 166 valence electrons. The van der Waals surface area contributed by atoms with Crippen molar-refractivity contribution in [2.75, 3.05) is 19.4 Å². The molecule has 2 amide bonds. The van der Waals surface area contributed by atoms with Gasteiger partial charge in [-0.3, -0.25) is 9.59 Å². The van der Waals surface area contributed by atoms with Crippen molar-refractivity contribution in [3.63, 3.8) is 0 Å². The molecule has 32 heavy (non-hydrogen) atoms. The summed E-state index contributed by atoms with van der Waals surface area (Å²) in [5, 5.41) is 4.77. The first-order valence-corrected chi connectivity index (χ1v) is 10.6. The fourth-order valence-corrected chi connectivity index (χ4v) is 3.89. The van der Waals surface area contributed by atoms with Crippen molar-refractivity contribution < 1.29 is 14.3 Å². The van der Waals surface area contributed by atoms with Gasteiger partial charge in [0.2, 0.25) is 11.8 Å². The molecule has 1 fully saturated rings. The zero-order chi connectivity index (χ0) is 22.7. The van der Waals surface area contributed by atoms with E-state index >= 15 is 0 Å². The van der Waals surface area contributed by atoms with Gasteiger partial charge in [-0.1, -0.05) is 24.3 Å². The molecule has 5 N–H and O–H groups in total. The van der Waals surface area contributed by atoms with Crippen molar-refractivity contribution in [3.8, 4) is 5.75 Å². The Morgan fingerprint density at radius 2 is 1.94 bits per heavy atom. The third kappa shape index (κ3) is 4.50. The van der Waals surface area contributed by atoms with Crippen molar-refractivity contribution >= 4 is 28.4 Å². The number of pyridine rings is 1. The number of carbonyl (C=O) groups is 2. The molecule has 2 aromatic carbocycles. The van der Waals surface area contributed by atoms with Crippen LogP contribution >= 0.6 is 0 Å². The highest BCUT2D eigenvalue weighted by atomic mass is 16.5. The van der Waals surface area contributed by atoms with Crippen LogP contribution in [-0.4, -0.2) is 47.4 Å². The number of hydrogen-bond acceptors (Lipinski definition) is 6. The SMILES string of the molecule is COc1ccc(C[C@@H](N)C(=O)N2CC[C@H]2C(=O)NCc2ccc3ccnc(N)c3c2)cc1. The van der Waals surface area contributed by atoms with Crippen molar-refractivity contribution in [2.24, 2.45) is 5.73 Å². The number of anilines is 1. The Hall–Kier alpha value is -3.65. The Morgan fingerprint density at radius 3 is 2.62 bits per heavy atom. The molecule has 1 aliphatic heterocycles. The second-order valence-electron chi connectivity index (χ2n) is 7.96. The van der Waals surface area contributed by atoms with Gasteiger partial charge in [-0.15, -0.1) is 0 Å². The molecule has 0 saturated carbocycles. The van der Waals surface area contributed by atoms with E-state index in [9.17, 15) is 9.59 Å². The summed E-state index contributed by atoms with van der Waals surface area (Å²) in [5.41, 5.74) is 14.0. The third-order valence-electron chi connectivity index (χ3n) is 5.87. The Morgan fingerprint density at radius 1 is 1.19 bits per heavy atom. The molecule has 8 nitrogen and oxygen atoms in total. The number of nitrogens with two attached hydrogens (primary N) is 2. The molecule has 0 radical (unpaired) electrons. The summed E-state index contributed by atoms with van der Waals surface area (Å²) in [6.07, 6.45) is 2.70. The molecule has 0 unspecified atom stereocenters. The number of carbonyl (C=O) groups excluding carboxylic acids is 2. The van der Waals surface area contributed by atoms with Gasteiger partial charge in [0.1, 0.15) is 17.6 Å². The molecule has 2 heterocycles. The average molecular weight is 434 g/mol. The van der Waals surface area contributed by atoms with Crippen LogP contribution < -0.4 is 21.5 Å². The predicted octanol–water partition coefficient (Wildman–Crippen LogP) is 1.61. The fraction of sp³-hybridized carbons (Fsp3) is 0.292. The monoisotopic (exact) mass is 433 g/mol. The smallest absolute Gasteiger partial charge is 0.243 e. The molecular formula is C24H27N5O3. The highest BCUT2D eigenvalue weighted by Gasteiger charge is 2.39. The second-order valence-corrected chi connectivity index (χ2v) is 7.96. The molecular weight excluding hydrogens is 406 g/mol. The zero-order valence-corrected chi connectivity index (χ0v) is 18.0. The summed E-state index contributed by atoms with van der Waals surface area (Å²) in [5.74, 6) is 0.813. The van der Waals surface area contributed by atoms with E-state index in [-0.39, 0.29) is 11.8 Å². The lowest BCUT2D eigenvalue weighted by atomic mass is 9.98. The summed E-state index contributed by atoms with van der Waals surface area (Å²) >= 11 is 0. The van der Waals surface area contributed by atoms with Gasteiger partial charge < -0.3 is 26.4 Å². The van der Waals surface area contributed by atoms with E-state index in [1.807, 2.05) is 48.5 Å². The van der Waals surface area contributed by atoms with E-state index in [1.54, 1.807) is 18.2 Å². The van der Waals surface area contributed by atoms with Crippen LogP contribution in [0.4, 0.5) is 5.82 Å². The topological polar surface area (TPSA) is 124 Å². The minimum absolute atomic E-state index is 0.180. The normalized spacial score (nSPS) is 16.3. The van der Waals surface area contributed by atoms with Gasteiger partial charge >= 0.3 is 0 Å². The van der Waals surface area contributed by atoms with E-state index in [0.29, 0.717) is 31.7 Å². The maximum absolute atomic E-state index is 12.8. The molecule has 4 rings (SSSR count). The number of likely N-dealkylation sites (tertiary alicyclic amines) is 1. The Labute approximate surface area is 186 Å². The zero-order valence-electron chi connectivity index (χ0n) is 18.0. The number of rotatable bonds is 7. The van der Waals surface area contributed by atoms with Gasteiger partial charge in [-0.25, -0.2) is 4.98 Å². The Balaban J connectivity index is 1.33. The number of hydrogen-bond donors (Lipinski definition) is 3. The number of benzene rings is 2. The number of nitrogen functional groups attached to an aromatic ring is 1. The van der Waals surface area contributed by atoms with Crippen molar-refractivity contribution in [2.45, 2.75) is 31.5 Å². The van der Waals surface area contributed by atoms with Gasteiger partial charge in [0.05, 0.1) is 13.2 Å². The number of nitrogens with one attached hydrogen (secondary N) is 1. The standard InChI is InChI=1S/C24H27N5O3/c1-32-18-6-3-15(4-7-18)13-20(25)24(31)29-11-9-21(29)23(30)28-14-16-2-5-17-8-10-27-22(26)19(17)12-16/h2-8,10,12,20-21H,9,11,13-14,25H2,1H3,(H2,26,27)(H,28,30)/t20-,21+/m1/s1. The molecule has 1 aliphatic rings. The maximum atomic E-state index is 12.8. The van der Waals surface area contributed by atoms with Crippen LogP contribution in [-0.2, 0) is 22.6 Å². The third-order valence-corrected chi connectivity index (χ3v) is 5.87. The van der Waals surface area contributed by atoms with Crippen molar-refractivity contribution in [1.29, 1.82) is 0 Å². The first-order chi connectivity index (χ1) is 15.5. The minimum Gasteiger partial charge on any atom is -0.497 e. The lowest BCUT2D eigenvalue weighted by molar-refractivity contribution is -0.148. The van der Waals surface area contributed by atoms with Gasteiger partial charge in [0, 0.05) is 24.7 Å². The van der Waals surface area contributed by atoms with Crippen LogP contribution in [0.1, 0.15) is 17.5 Å². The second kappa shape index (κ2) is 9.23. The fourth-order valence-electron chi connectivity index (χ4n) is 3.89. The summed E-state index contributed by atoms with van der Waals surface area (Å²) < 4.78 is 5.15. The van der Waals surface area contributed by atoms with Crippen LogP contribution in [0, 0.1) is 0 Å². The van der Waals surface area contributed by atoms with Crippen LogP contribution in [0.5, 0.6) is 5.75 Å². The molecule has 8 heteroatoms. The Bertz CT molecular complexity index is 1130. The lowest BCUT2D eigenvalue weighted by Gasteiger charge is -2.41. The average Bonchev–Trinajstić information content (AvgIpc) is 2.78. The number of aromatic nitrogens is 1. The van der Waals surface area contributed by atoms with Gasteiger partial charge in [0.25, 0.3) is 0 Å². The quantitative estimate of drug-likeness (QED) is 0.520. The van der Waals surface area contributed by atoms with E-state index < -0.39 is 12.1 Å². The van der Waals surface area contributed by atoms with Crippen molar-refractivity contribution in [1.82, 2.24) is 15.2 Å². The molecule has 0 aliphatic carbocycles. The largest absolute Gasteiger partial charge is 0.497 e. The molecule has 1 saturated heterocycles. The first-order valence-electron chi connectivity index (χ1n) is 10.6. The number of methoxy groups -OCH3 is 1.